The van der Waals surface area contributed by atoms with E-state index in [0.29, 0.717) is 30.1 Å². The molecule has 2 aromatic heterocycles. The Morgan fingerprint density at radius 2 is 2.19 bits per heavy atom. The van der Waals surface area contributed by atoms with Gasteiger partial charge in [0.15, 0.2) is 11.3 Å². The van der Waals surface area contributed by atoms with Crippen LogP contribution in [-0.2, 0) is 13.0 Å². The van der Waals surface area contributed by atoms with Crippen LogP contribution in [0.15, 0.2) is 28.7 Å². The molecule has 0 aliphatic rings. The van der Waals surface area contributed by atoms with Crippen molar-refractivity contribution >= 4 is 17.1 Å². The van der Waals surface area contributed by atoms with Crippen molar-refractivity contribution in [3.63, 3.8) is 0 Å². The summed E-state index contributed by atoms with van der Waals surface area (Å²) in [5.74, 6) is -0.682. The van der Waals surface area contributed by atoms with E-state index in [1.807, 2.05) is 24.3 Å². The Morgan fingerprint density at radius 1 is 1.38 bits per heavy atom. The molecule has 21 heavy (non-hydrogen) atoms. The minimum Gasteiger partial charge on any atom is -0.476 e. The number of carboxylic acids is 1. The van der Waals surface area contributed by atoms with Gasteiger partial charge in [0.05, 0.1) is 5.69 Å². The quantitative estimate of drug-likeness (QED) is 0.707. The number of aromatic nitrogens is 4. The Kier molecular flexibility index (Phi) is 3.36. The van der Waals surface area contributed by atoms with E-state index >= 15 is 0 Å². The van der Waals surface area contributed by atoms with E-state index in [9.17, 15) is 4.79 Å². The van der Waals surface area contributed by atoms with Crippen LogP contribution in [0.4, 0.5) is 0 Å². The molecule has 1 aromatic carbocycles. The molecule has 3 N–H and O–H groups in total. The highest BCUT2D eigenvalue weighted by atomic mass is 16.4. The predicted molar refractivity (Wildman–Crippen MR) is 72.9 cm³/mol. The maximum atomic E-state index is 11.1. The van der Waals surface area contributed by atoms with E-state index in [1.54, 1.807) is 0 Å². The monoisotopic (exact) mass is 287 g/mol. The third-order valence-corrected chi connectivity index (χ3v) is 3.04. The lowest BCUT2D eigenvalue weighted by molar-refractivity contribution is 0.0689. The Hall–Kier alpha value is -2.74. The molecule has 8 heteroatoms. The van der Waals surface area contributed by atoms with Crippen LogP contribution >= 0.6 is 0 Å². The first-order valence-corrected chi connectivity index (χ1v) is 6.39. The van der Waals surface area contributed by atoms with Gasteiger partial charge in [-0.3, -0.25) is 0 Å². The smallest absolute Gasteiger partial charge is 0.358 e. The molecule has 2 heterocycles. The summed E-state index contributed by atoms with van der Waals surface area (Å²) in [4.78, 5) is 15.4. The molecule has 0 fully saturated rings. The van der Waals surface area contributed by atoms with Crippen molar-refractivity contribution in [2.24, 2.45) is 5.73 Å². The number of carboxylic acid groups (broad SMARTS) is 1. The van der Waals surface area contributed by atoms with Crippen molar-refractivity contribution in [1.82, 2.24) is 20.0 Å². The summed E-state index contributed by atoms with van der Waals surface area (Å²) >= 11 is 0. The van der Waals surface area contributed by atoms with Crippen LogP contribution in [0, 0.1) is 0 Å². The Labute approximate surface area is 119 Å². The number of hydrogen-bond acceptors (Lipinski definition) is 6. The van der Waals surface area contributed by atoms with Crippen LogP contribution in [0.1, 0.15) is 22.1 Å². The number of rotatable bonds is 5. The van der Waals surface area contributed by atoms with Gasteiger partial charge in [-0.1, -0.05) is 17.3 Å². The Balaban J connectivity index is 1.95. The van der Waals surface area contributed by atoms with Gasteiger partial charge < -0.3 is 15.3 Å². The van der Waals surface area contributed by atoms with Crippen molar-refractivity contribution in [3.05, 3.63) is 41.5 Å². The lowest BCUT2D eigenvalue weighted by Crippen LogP contribution is -2.14. The number of carbonyl (C=O) groups is 1. The van der Waals surface area contributed by atoms with E-state index in [0.717, 1.165) is 5.52 Å². The van der Waals surface area contributed by atoms with Crippen LogP contribution in [-0.4, -0.2) is 37.6 Å². The molecule has 3 rings (SSSR count). The number of hydrogen-bond donors (Lipinski definition) is 2. The molecule has 0 unspecified atom stereocenters. The van der Waals surface area contributed by atoms with Gasteiger partial charge in [0.1, 0.15) is 12.1 Å². The van der Waals surface area contributed by atoms with Crippen molar-refractivity contribution in [1.29, 1.82) is 0 Å². The largest absolute Gasteiger partial charge is 0.476 e. The molecule has 0 atom stereocenters. The van der Waals surface area contributed by atoms with Crippen LogP contribution in [0.2, 0.25) is 0 Å². The maximum Gasteiger partial charge on any atom is 0.358 e. The van der Waals surface area contributed by atoms with Gasteiger partial charge >= 0.3 is 5.97 Å². The molecule has 3 aromatic rings. The molecule has 0 saturated carbocycles. The Bertz CT molecular complexity index is 759. The van der Waals surface area contributed by atoms with Gasteiger partial charge in [0, 0.05) is 6.42 Å². The molecular weight excluding hydrogens is 274 g/mol. The SMILES string of the molecule is NCCc1c(C(=O)O)nnn1Cc1nc2ccccc2o1. The van der Waals surface area contributed by atoms with E-state index in [1.165, 1.54) is 4.68 Å². The van der Waals surface area contributed by atoms with E-state index in [-0.39, 0.29) is 12.2 Å². The molecule has 108 valence electrons. The third kappa shape index (κ3) is 2.48. The molecule has 0 radical (unpaired) electrons. The van der Waals surface area contributed by atoms with Gasteiger partial charge in [-0.25, -0.2) is 14.5 Å². The normalized spacial score (nSPS) is 11.1. The summed E-state index contributed by atoms with van der Waals surface area (Å²) < 4.78 is 7.06. The highest BCUT2D eigenvalue weighted by Crippen LogP contribution is 2.16. The number of aromatic carboxylic acids is 1. The first kappa shape index (κ1) is 13.3. The second kappa shape index (κ2) is 5.33. The van der Waals surface area contributed by atoms with E-state index < -0.39 is 5.97 Å². The zero-order valence-corrected chi connectivity index (χ0v) is 11.1. The molecule has 0 amide bonds. The lowest BCUT2D eigenvalue weighted by atomic mass is 10.2. The van der Waals surface area contributed by atoms with Gasteiger partial charge in [-0.2, -0.15) is 0 Å². The zero-order chi connectivity index (χ0) is 14.8. The van der Waals surface area contributed by atoms with Crippen LogP contribution in [0.5, 0.6) is 0 Å². The summed E-state index contributed by atoms with van der Waals surface area (Å²) in [6, 6.07) is 7.38. The van der Waals surface area contributed by atoms with Gasteiger partial charge in [-0.15, -0.1) is 5.10 Å². The van der Waals surface area contributed by atoms with E-state index in [2.05, 4.69) is 15.3 Å². The summed E-state index contributed by atoms with van der Waals surface area (Å²) in [7, 11) is 0. The number of oxazole rings is 1. The van der Waals surface area contributed by atoms with Gasteiger partial charge in [0.2, 0.25) is 5.89 Å². The minimum absolute atomic E-state index is 0.0865. The molecule has 0 spiro atoms. The highest BCUT2D eigenvalue weighted by Gasteiger charge is 2.19. The van der Waals surface area contributed by atoms with E-state index in [4.69, 9.17) is 15.3 Å². The highest BCUT2D eigenvalue weighted by molar-refractivity contribution is 5.86. The maximum absolute atomic E-state index is 11.1. The number of nitrogens with two attached hydrogens (primary N) is 1. The first-order valence-electron chi connectivity index (χ1n) is 6.39. The second-order valence-corrected chi connectivity index (χ2v) is 4.46. The molecule has 0 saturated heterocycles. The summed E-state index contributed by atoms with van der Waals surface area (Å²) in [6.07, 6.45) is 0.370. The summed E-state index contributed by atoms with van der Waals surface area (Å²) in [5, 5.41) is 16.6. The number of benzene rings is 1. The van der Waals surface area contributed by atoms with Crippen molar-refractivity contribution < 1.29 is 14.3 Å². The van der Waals surface area contributed by atoms with Crippen LogP contribution in [0.25, 0.3) is 11.1 Å². The minimum atomic E-state index is -1.12. The average Bonchev–Trinajstić information content (AvgIpc) is 3.03. The number of para-hydroxylation sites is 2. The fourth-order valence-electron chi connectivity index (χ4n) is 2.13. The first-order chi connectivity index (χ1) is 10.2. The number of nitrogens with zero attached hydrogens (tertiary/aromatic N) is 4. The average molecular weight is 287 g/mol. The zero-order valence-electron chi connectivity index (χ0n) is 11.1. The summed E-state index contributed by atoms with van der Waals surface area (Å²) in [6.45, 7) is 0.519. The van der Waals surface area contributed by atoms with Crippen LogP contribution < -0.4 is 5.73 Å². The van der Waals surface area contributed by atoms with Crippen LogP contribution in [0.3, 0.4) is 0 Å². The predicted octanol–water partition coefficient (Wildman–Crippen LogP) is 0.667. The molecule has 0 bridgehead atoms. The Morgan fingerprint density at radius 3 is 2.90 bits per heavy atom. The standard InChI is InChI=1S/C13H13N5O3/c14-6-5-9-12(13(19)20)16-17-18(9)7-11-15-8-3-1-2-4-10(8)21-11/h1-4H,5-7,14H2,(H,19,20). The topological polar surface area (TPSA) is 120 Å². The van der Waals surface area contributed by atoms with Crippen molar-refractivity contribution in [2.75, 3.05) is 6.54 Å². The second-order valence-electron chi connectivity index (χ2n) is 4.46. The third-order valence-electron chi connectivity index (χ3n) is 3.04. The molecule has 0 aliphatic heterocycles. The fraction of sp³-hybridized carbons (Fsp3) is 0.231. The molecule has 0 aliphatic carbocycles. The van der Waals surface area contributed by atoms with Crippen molar-refractivity contribution in [2.45, 2.75) is 13.0 Å². The van der Waals surface area contributed by atoms with Gasteiger partial charge in [0.25, 0.3) is 0 Å². The molecule has 8 nitrogen and oxygen atoms in total. The lowest BCUT2D eigenvalue weighted by Gasteiger charge is -2.03. The summed E-state index contributed by atoms with van der Waals surface area (Å²) in [5.41, 5.74) is 7.30. The number of fused-ring (bicyclic) bond motifs is 1. The fourth-order valence-corrected chi connectivity index (χ4v) is 2.13. The van der Waals surface area contributed by atoms with Gasteiger partial charge in [-0.05, 0) is 18.7 Å². The molecular formula is C13H13N5O3. The van der Waals surface area contributed by atoms with Crippen molar-refractivity contribution in [3.8, 4) is 0 Å².